The molecule has 1 heterocycles. The van der Waals surface area contributed by atoms with Crippen molar-refractivity contribution in [3.63, 3.8) is 0 Å². The molecule has 1 aromatic carbocycles. The maximum absolute atomic E-state index is 12.4. The summed E-state index contributed by atoms with van der Waals surface area (Å²) in [5.74, 6) is 0.180. The van der Waals surface area contributed by atoms with Gasteiger partial charge in [-0.05, 0) is 49.1 Å². The summed E-state index contributed by atoms with van der Waals surface area (Å²) in [5, 5.41) is 0. The van der Waals surface area contributed by atoms with Gasteiger partial charge in [0, 0.05) is 37.6 Å². The van der Waals surface area contributed by atoms with E-state index in [0.717, 1.165) is 30.8 Å². The van der Waals surface area contributed by atoms with Crippen molar-refractivity contribution < 1.29 is 4.79 Å². The molecule has 0 aliphatic rings. The number of likely N-dealkylation sites (N-methyl/N-ethyl adjacent to an activating group) is 1. The first kappa shape index (κ1) is 16.0. The smallest absolute Gasteiger partial charge is 0.222 e. The van der Waals surface area contributed by atoms with Crippen LogP contribution < -0.4 is 5.73 Å². The molecule has 0 unspecified atom stereocenters. The van der Waals surface area contributed by atoms with Gasteiger partial charge >= 0.3 is 0 Å². The lowest BCUT2D eigenvalue weighted by Gasteiger charge is -2.21. The second kappa shape index (κ2) is 8.17. The van der Waals surface area contributed by atoms with Crippen LogP contribution in [0.1, 0.15) is 24.5 Å². The number of benzene rings is 1. The Hall–Kier alpha value is -2.36. The number of para-hydroxylation sites is 1. The Morgan fingerprint density at radius 3 is 2.55 bits per heavy atom. The molecule has 4 heteroatoms. The summed E-state index contributed by atoms with van der Waals surface area (Å²) in [6.07, 6.45) is 5.61. The van der Waals surface area contributed by atoms with E-state index in [1.807, 2.05) is 48.2 Å². The van der Waals surface area contributed by atoms with Gasteiger partial charge in [-0.15, -0.1) is 0 Å². The van der Waals surface area contributed by atoms with Gasteiger partial charge in [-0.3, -0.25) is 9.78 Å². The van der Waals surface area contributed by atoms with E-state index < -0.39 is 0 Å². The fourth-order valence-corrected chi connectivity index (χ4v) is 2.43. The molecule has 0 saturated heterocycles. The maximum Gasteiger partial charge on any atom is 0.222 e. The summed E-state index contributed by atoms with van der Waals surface area (Å²) < 4.78 is 0. The fourth-order valence-electron chi connectivity index (χ4n) is 2.43. The monoisotopic (exact) mass is 297 g/mol. The first-order valence-corrected chi connectivity index (χ1v) is 7.70. The third kappa shape index (κ3) is 4.58. The number of nitrogens with zero attached hydrogens (tertiary/aromatic N) is 2. The van der Waals surface area contributed by atoms with E-state index in [1.165, 1.54) is 5.56 Å². The van der Waals surface area contributed by atoms with Crippen molar-refractivity contribution in [3.8, 4) is 0 Å². The van der Waals surface area contributed by atoms with E-state index in [4.69, 9.17) is 5.73 Å². The van der Waals surface area contributed by atoms with Crippen LogP contribution >= 0.6 is 0 Å². The molecule has 0 saturated carbocycles. The first-order chi connectivity index (χ1) is 10.7. The van der Waals surface area contributed by atoms with Crippen LogP contribution in [0, 0.1) is 0 Å². The summed E-state index contributed by atoms with van der Waals surface area (Å²) in [4.78, 5) is 18.3. The van der Waals surface area contributed by atoms with Crippen LogP contribution in [0.3, 0.4) is 0 Å². The zero-order chi connectivity index (χ0) is 15.8. The van der Waals surface area contributed by atoms with Gasteiger partial charge in [-0.1, -0.05) is 18.2 Å². The van der Waals surface area contributed by atoms with E-state index in [-0.39, 0.29) is 5.91 Å². The predicted molar refractivity (Wildman–Crippen MR) is 89.4 cm³/mol. The summed E-state index contributed by atoms with van der Waals surface area (Å²) in [5.41, 5.74) is 8.92. The summed E-state index contributed by atoms with van der Waals surface area (Å²) in [7, 11) is 0. The molecule has 0 fully saturated rings. The number of aryl methyl sites for hydroxylation is 1. The highest BCUT2D eigenvalue weighted by Gasteiger charge is 2.12. The lowest BCUT2D eigenvalue weighted by atomic mass is 10.1. The number of hydrogen-bond acceptors (Lipinski definition) is 3. The van der Waals surface area contributed by atoms with Gasteiger partial charge in [0.2, 0.25) is 5.91 Å². The number of nitrogens with two attached hydrogens (primary N) is 1. The predicted octanol–water partition coefficient (Wildman–Crippen LogP) is 2.69. The largest absolute Gasteiger partial charge is 0.399 e. The lowest BCUT2D eigenvalue weighted by Crippen LogP contribution is -2.32. The SMILES string of the molecule is CCN(CCc1ccncc1)C(=O)CCc1ccccc1N. The number of aromatic nitrogens is 1. The number of hydrogen-bond donors (Lipinski definition) is 1. The van der Waals surface area contributed by atoms with Gasteiger partial charge in [0.25, 0.3) is 0 Å². The average molecular weight is 297 g/mol. The van der Waals surface area contributed by atoms with Gasteiger partial charge in [-0.25, -0.2) is 0 Å². The van der Waals surface area contributed by atoms with Crippen LogP contribution in [-0.2, 0) is 17.6 Å². The Morgan fingerprint density at radius 1 is 1.14 bits per heavy atom. The second-order valence-electron chi connectivity index (χ2n) is 5.28. The quantitative estimate of drug-likeness (QED) is 0.799. The molecular weight excluding hydrogens is 274 g/mol. The van der Waals surface area contributed by atoms with Gasteiger partial charge in [0.05, 0.1) is 0 Å². The molecule has 0 aliphatic heterocycles. The van der Waals surface area contributed by atoms with Crippen molar-refractivity contribution in [2.24, 2.45) is 0 Å². The molecule has 0 radical (unpaired) electrons. The Kier molecular flexibility index (Phi) is 5.95. The Bertz CT molecular complexity index is 598. The van der Waals surface area contributed by atoms with E-state index in [9.17, 15) is 4.79 Å². The maximum atomic E-state index is 12.4. The van der Waals surface area contributed by atoms with Crippen LogP contribution in [0.2, 0.25) is 0 Å². The Labute approximate surface area is 132 Å². The van der Waals surface area contributed by atoms with Crippen LogP contribution in [0.25, 0.3) is 0 Å². The third-order valence-electron chi connectivity index (χ3n) is 3.82. The Balaban J connectivity index is 1.85. The van der Waals surface area contributed by atoms with E-state index in [0.29, 0.717) is 12.8 Å². The van der Waals surface area contributed by atoms with E-state index >= 15 is 0 Å². The molecule has 2 rings (SSSR count). The second-order valence-corrected chi connectivity index (χ2v) is 5.28. The van der Waals surface area contributed by atoms with E-state index in [2.05, 4.69) is 4.98 Å². The van der Waals surface area contributed by atoms with Crippen LogP contribution in [0.5, 0.6) is 0 Å². The normalized spacial score (nSPS) is 10.4. The number of pyridine rings is 1. The van der Waals surface area contributed by atoms with Crippen molar-refractivity contribution in [1.29, 1.82) is 0 Å². The van der Waals surface area contributed by atoms with Gasteiger partial charge < -0.3 is 10.6 Å². The summed E-state index contributed by atoms with van der Waals surface area (Å²) >= 11 is 0. The number of nitrogen functional groups attached to an aromatic ring is 1. The minimum atomic E-state index is 0.180. The molecular formula is C18H23N3O. The number of carbonyl (C=O) groups excluding carboxylic acids is 1. The standard InChI is InChI=1S/C18H23N3O/c1-2-21(14-11-15-9-12-20-13-10-15)18(22)8-7-16-5-3-4-6-17(16)19/h3-6,9-10,12-13H,2,7-8,11,14,19H2,1H3. The molecule has 4 nitrogen and oxygen atoms in total. The molecule has 1 amide bonds. The molecule has 0 bridgehead atoms. The highest BCUT2D eigenvalue weighted by Crippen LogP contribution is 2.13. The van der Waals surface area contributed by atoms with Crippen LogP contribution in [0.4, 0.5) is 5.69 Å². The molecule has 0 spiro atoms. The lowest BCUT2D eigenvalue weighted by molar-refractivity contribution is -0.130. The minimum Gasteiger partial charge on any atom is -0.399 e. The highest BCUT2D eigenvalue weighted by molar-refractivity contribution is 5.76. The average Bonchev–Trinajstić information content (AvgIpc) is 2.55. The molecule has 2 aromatic rings. The number of amides is 1. The number of anilines is 1. The first-order valence-electron chi connectivity index (χ1n) is 7.70. The van der Waals surface area contributed by atoms with Gasteiger partial charge in [-0.2, -0.15) is 0 Å². The van der Waals surface area contributed by atoms with Gasteiger partial charge in [0.1, 0.15) is 0 Å². The van der Waals surface area contributed by atoms with Crippen molar-refractivity contribution in [2.45, 2.75) is 26.2 Å². The summed E-state index contributed by atoms with van der Waals surface area (Å²) in [6, 6.07) is 11.7. The van der Waals surface area contributed by atoms with Crippen LogP contribution in [-0.4, -0.2) is 28.9 Å². The summed E-state index contributed by atoms with van der Waals surface area (Å²) in [6.45, 7) is 3.49. The zero-order valence-electron chi connectivity index (χ0n) is 13.0. The van der Waals surface area contributed by atoms with Gasteiger partial charge in [0.15, 0.2) is 0 Å². The fraction of sp³-hybridized carbons (Fsp3) is 0.333. The zero-order valence-corrected chi connectivity index (χ0v) is 13.0. The van der Waals surface area contributed by atoms with Crippen molar-refractivity contribution in [2.75, 3.05) is 18.8 Å². The molecule has 1 aromatic heterocycles. The van der Waals surface area contributed by atoms with Crippen molar-refractivity contribution >= 4 is 11.6 Å². The number of carbonyl (C=O) groups is 1. The van der Waals surface area contributed by atoms with Crippen molar-refractivity contribution in [1.82, 2.24) is 9.88 Å². The van der Waals surface area contributed by atoms with Crippen molar-refractivity contribution in [3.05, 3.63) is 59.9 Å². The number of rotatable bonds is 7. The molecule has 2 N–H and O–H groups in total. The molecule has 0 aliphatic carbocycles. The Morgan fingerprint density at radius 2 is 1.86 bits per heavy atom. The molecule has 116 valence electrons. The highest BCUT2D eigenvalue weighted by atomic mass is 16.2. The van der Waals surface area contributed by atoms with Crippen LogP contribution in [0.15, 0.2) is 48.8 Å². The minimum absolute atomic E-state index is 0.180. The topological polar surface area (TPSA) is 59.2 Å². The molecule has 0 atom stereocenters. The molecule has 22 heavy (non-hydrogen) atoms. The van der Waals surface area contributed by atoms with E-state index in [1.54, 1.807) is 12.4 Å². The third-order valence-corrected chi connectivity index (χ3v) is 3.82.